The van der Waals surface area contributed by atoms with Gasteiger partial charge in [-0.25, -0.2) is 4.99 Å². The second kappa shape index (κ2) is 8.32. The lowest BCUT2D eigenvalue weighted by atomic mass is 10.0. The lowest BCUT2D eigenvalue weighted by Gasteiger charge is -2.09. The number of hydrogen-bond donors (Lipinski definition) is 1. The van der Waals surface area contributed by atoms with Crippen LogP contribution in [0, 0.1) is 13.8 Å². The van der Waals surface area contributed by atoms with Crippen LogP contribution < -0.4 is 5.32 Å². The first-order valence-corrected chi connectivity index (χ1v) is 9.54. The molecule has 1 heterocycles. The van der Waals surface area contributed by atoms with E-state index in [1.807, 2.05) is 30.3 Å². The van der Waals surface area contributed by atoms with Gasteiger partial charge in [-0.3, -0.25) is 9.59 Å². The summed E-state index contributed by atoms with van der Waals surface area (Å²) in [5.41, 5.74) is 4.64. The molecule has 2 aromatic rings. The van der Waals surface area contributed by atoms with Gasteiger partial charge in [-0.1, -0.05) is 60.3 Å². The third kappa shape index (κ3) is 4.82. The quantitative estimate of drug-likeness (QED) is 0.850. The number of hydrogen-bond acceptors (Lipinski definition) is 3. The van der Waals surface area contributed by atoms with E-state index in [-0.39, 0.29) is 23.5 Å². The predicted octanol–water partition coefficient (Wildman–Crippen LogP) is 3.59. The van der Waals surface area contributed by atoms with Crippen LogP contribution in [0.2, 0.25) is 0 Å². The van der Waals surface area contributed by atoms with Crippen molar-refractivity contribution in [1.29, 1.82) is 0 Å². The molecule has 0 spiro atoms. The highest BCUT2D eigenvalue weighted by Crippen LogP contribution is 2.28. The highest BCUT2D eigenvalue weighted by Gasteiger charge is 2.29. The molecule has 2 aromatic carbocycles. The third-order valence-electron chi connectivity index (χ3n) is 4.43. The molecule has 4 nitrogen and oxygen atoms in total. The van der Waals surface area contributed by atoms with Crippen molar-refractivity contribution >= 4 is 28.6 Å². The fourth-order valence-electron chi connectivity index (χ4n) is 2.79. The second-order valence-corrected chi connectivity index (χ2v) is 7.79. The molecule has 0 saturated heterocycles. The number of carbonyl (C=O) groups excluding carboxylic acids is 2. The van der Waals surface area contributed by atoms with Gasteiger partial charge in [0.25, 0.3) is 5.91 Å². The number of amides is 2. The Morgan fingerprint density at radius 3 is 2.58 bits per heavy atom. The Labute approximate surface area is 158 Å². The maximum absolute atomic E-state index is 12.2. The average molecular weight is 366 g/mol. The minimum Gasteiger partial charge on any atom is -0.352 e. The minimum atomic E-state index is -0.228. The van der Waals surface area contributed by atoms with Gasteiger partial charge in [0.2, 0.25) is 5.91 Å². The smallest absolute Gasteiger partial charge is 0.260 e. The maximum atomic E-state index is 12.2. The van der Waals surface area contributed by atoms with Gasteiger partial charge in [-0.15, -0.1) is 0 Å². The Kier molecular flexibility index (Phi) is 5.89. The van der Waals surface area contributed by atoms with Gasteiger partial charge in [0.05, 0.1) is 16.7 Å². The molecule has 1 aliphatic rings. The fourth-order valence-corrected chi connectivity index (χ4v) is 3.90. The molecule has 0 aromatic heterocycles. The highest BCUT2D eigenvalue weighted by atomic mass is 32.2. The zero-order valence-corrected chi connectivity index (χ0v) is 15.8. The number of nitrogens with one attached hydrogen (secondary N) is 1. The van der Waals surface area contributed by atoms with E-state index in [1.54, 1.807) is 0 Å². The SMILES string of the molecule is Cc1ccc(C[C@@H]2SC(CC(=O)NCc3ccccc3)=NC2=O)cc1C. The number of benzene rings is 2. The highest BCUT2D eigenvalue weighted by molar-refractivity contribution is 8.15. The van der Waals surface area contributed by atoms with E-state index >= 15 is 0 Å². The molecular weight excluding hydrogens is 344 g/mol. The molecule has 1 aliphatic heterocycles. The van der Waals surface area contributed by atoms with Crippen LogP contribution in [0.15, 0.2) is 53.5 Å². The van der Waals surface area contributed by atoms with E-state index in [4.69, 9.17) is 0 Å². The standard InChI is InChI=1S/C21H22N2O2S/c1-14-8-9-17(10-15(14)2)11-18-21(25)23-20(26-18)12-19(24)22-13-16-6-4-3-5-7-16/h3-10,18H,11-13H2,1-2H3,(H,22,24)/t18-/m0/s1. The maximum Gasteiger partial charge on any atom is 0.260 e. The monoisotopic (exact) mass is 366 g/mol. The van der Waals surface area contributed by atoms with Crippen molar-refractivity contribution < 1.29 is 9.59 Å². The molecule has 134 valence electrons. The zero-order chi connectivity index (χ0) is 18.5. The molecule has 5 heteroatoms. The first kappa shape index (κ1) is 18.4. The molecule has 26 heavy (non-hydrogen) atoms. The van der Waals surface area contributed by atoms with E-state index in [9.17, 15) is 9.59 Å². The lowest BCUT2D eigenvalue weighted by molar-refractivity contribution is -0.120. The molecule has 0 unspecified atom stereocenters. The summed E-state index contributed by atoms with van der Waals surface area (Å²) in [7, 11) is 0. The molecule has 1 N–H and O–H groups in total. The molecule has 1 atom stereocenters. The van der Waals surface area contributed by atoms with Gasteiger partial charge in [-0.05, 0) is 42.5 Å². The third-order valence-corrected chi connectivity index (χ3v) is 5.59. The van der Waals surface area contributed by atoms with Crippen LogP contribution in [0.25, 0.3) is 0 Å². The molecule has 3 rings (SSSR count). The van der Waals surface area contributed by atoms with Crippen molar-refractivity contribution in [3.63, 3.8) is 0 Å². The Bertz CT molecular complexity index is 846. The summed E-state index contributed by atoms with van der Waals surface area (Å²) < 4.78 is 0. The van der Waals surface area contributed by atoms with Gasteiger partial charge in [0.15, 0.2) is 0 Å². The van der Waals surface area contributed by atoms with Crippen LogP contribution in [-0.2, 0) is 22.6 Å². The van der Waals surface area contributed by atoms with Gasteiger partial charge >= 0.3 is 0 Å². The first-order valence-electron chi connectivity index (χ1n) is 8.66. The van der Waals surface area contributed by atoms with Crippen LogP contribution in [-0.4, -0.2) is 22.1 Å². The van der Waals surface area contributed by atoms with Crippen LogP contribution >= 0.6 is 11.8 Å². The Morgan fingerprint density at radius 1 is 1.08 bits per heavy atom. The van der Waals surface area contributed by atoms with Crippen LogP contribution in [0.3, 0.4) is 0 Å². The Hall–Kier alpha value is -2.40. The second-order valence-electron chi connectivity index (χ2n) is 6.51. The van der Waals surface area contributed by atoms with E-state index in [0.717, 1.165) is 11.1 Å². The number of thioether (sulfide) groups is 1. The molecule has 2 amide bonds. The molecule has 0 fully saturated rings. The van der Waals surface area contributed by atoms with Crippen molar-refractivity contribution in [3.8, 4) is 0 Å². The van der Waals surface area contributed by atoms with Crippen molar-refractivity contribution in [2.75, 3.05) is 0 Å². The Balaban J connectivity index is 1.51. The molecule has 0 aliphatic carbocycles. The van der Waals surface area contributed by atoms with Crippen molar-refractivity contribution in [2.45, 2.75) is 38.5 Å². The average Bonchev–Trinajstić information content (AvgIpc) is 2.96. The number of rotatable bonds is 6. The summed E-state index contributed by atoms with van der Waals surface area (Å²) in [6.07, 6.45) is 0.802. The van der Waals surface area contributed by atoms with Crippen molar-refractivity contribution in [2.24, 2.45) is 4.99 Å². The summed E-state index contributed by atoms with van der Waals surface area (Å²) in [5.74, 6) is -0.251. The van der Waals surface area contributed by atoms with Gasteiger partial charge in [0.1, 0.15) is 0 Å². The predicted molar refractivity (Wildman–Crippen MR) is 106 cm³/mol. The molecule has 0 bridgehead atoms. The van der Waals surface area contributed by atoms with Crippen LogP contribution in [0.4, 0.5) is 0 Å². The van der Waals surface area contributed by atoms with Crippen molar-refractivity contribution in [3.05, 3.63) is 70.8 Å². The summed E-state index contributed by atoms with van der Waals surface area (Å²) in [4.78, 5) is 28.4. The fraction of sp³-hybridized carbons (Fsp3) is 0.286. The van der Waals surface area contributed by atoms with Crippen LogP contribution in [0.1, 0.15) is 28.7 Å². The van der Waals surface area contributed by atoms with Crippen LogP contribution in [0.5, 0.6) is 0 Å². The topological polar surface area (TPSA) is 58.5 Å². The van der Waals surface area contributed by atoms with E-state index in [1.165, 1.54) is 22.9 Å². The molecule has 0 saturated carbocycles. The molecule has 0 radical (unpaired) electrons. The minimum absolute atomic E-state index is 0.111. The molecular formula is C21H22N2O2S. The summed E-state index contributed by atoms with van der Waals surface area (Å²) in [5, 5.41) is 3.25. The normalized spacial score (nSPS) is 16.5. The zero-order valence-electron chi connectivity index (χ0n) is 15.0. The Morgan fingerprint density at radius 2 is 1.85 bits per heavy atom. The summed E-state index contributed by atoms with van der Waals surface area (Å²) in [6.45, 7) is 4.63. The van der Waals surface area contributed by atoms with E-state index in [0.29, 0.717) is 18.0 Å². The van der Waals surface area contributed by atoms with Crippen molar-refractivity contribution in [1.82, 2.24) is 5.32 Å². The van der Waals surface area contributed by atoms with E-state index < -0.39 is 0 Å². The van der Waals surface area contributed by atoms with Gasteiger partial charge in [-0.2, -0.15) is 0 Å². The van der Waals surface area contributed by atoms with E-state index in [2.05, 4.69) is 42.4 Å². The largest absolute Gasteiger partial charge is 0.352 e. The lowest BCUT2D eigenvalue weighted by Crippen LogP contribution is -2.24. The van der Waals surface area contributed by atoms with Gasteiger partial charge in [0, 0.05) is 6.54 Å². The summed E-state index contributed by atoms with van der Waals surface area (Å²) in [6, 6.07) is 16.0. The number of carbonyl (C=O) groups is 2. The summed E-state index contributed by atoms with van der Waals surface area (Å²) >= 11 is 1.41. The first-order chi connectivity index (χ1) is 12.5. The number of aryl methyl sites for hydroxylation is 2. The number of nitrogens with zero attached hydrogens (tertiary/aromatic N) is 1. The van der Waals surface area contributed by atoms with Gasteiger partial charge < -0.3 is 5.32 Å². The number of aliphatic imine (C=N–C) groups is 1.